The lowest BCUT2D eigenvalue weighted by Gasteiger charge is -2.26. The third-order valence-electron chi connectivity index (χ3n) is 7.09. The van der Waals surface area contributed by atoms with E-state index in [4.69, 9.17) is 10.1 Å². The molecule has 10 nitrogen and oxygen atoms in total. The number of nitrogens with zero attached hydrogens (tertiary/aromatic N) is 6. The Labute approximate surface area is 237 Å². The Morgan fingerprint density at radius 2 is 1.93 bits per heavy atom. The highest BCUT2D eigenvalue weighted by Crippen LogP contribution is 2.46. The zero-order valence-corrected chi connectivity index (χ0v) is 24.0. The standard InChI is InChI=1S/C28H30F2N8O2S/c1-16-12-24(35-34-16)32-28-26(17-8-9-17)20(23-13-18(10-11-31)38(3)36-23)6-5-7-25(33-28)37(2)27-21(29)14-19(15-22(27)30)41(4,39)40/h6,12-15,17H,5,7-10H2,1-4H3,(H2,32,34,35)/b20-6-,28-26-,33-25+. The van der Waals surface area contributed by atoms with E-state index >= 15 is 8.78 Å². The van der Waals surface area contributed by atoms with Crippen LogP contribution in [0.25, 0.3) is 5.57 Å². The first-order valence-electron chi connectivity index (χ1n) is 13.1. The first kappa shape index (κ1) is 28.2. The average Bonchev–Trinajstić information content (AvgIpc) is 3.53. The Morgan fingerprint density at radius 3 is 2.51 bits per heavy atom. The van der Waals surface area contributed by atoms with E-state index < -0.39 is 32.1 Å². The van der Waals surface area contributed by atoms with Crippen molar-refractivity contribution in [3.8, 4) is 6.07 Å². The highest BCUT2D eigenvalue weighted by molar-refractivity contribution is 7.90. The molecular weight excluding hydrogens is 550 g/mol. The Kier molecular flexibility index (Phi) is 7.52. The molecule has 13 heteroatoms. The van der Waals surface area contributed by atoms with Gasteiger partial charge in [-0.2, -0.15) is 15.5 Å². The number of rotatable bonds is 7. The summed E-state index contributed by atoms with van der Waals surface area (Å²) in [5.41, 5.74) is 3.75. The van der Waals surface area contributed by atoms with Gasteiger partial charge in [-0.3, -0.25) is 9.78 Å². The molecule has 0 spiro atoms. The van der Waals surface area contributed by atoms with Gasteiger partial charge in [-0.05, 0) is 50.3 Å². The summed E-state index contributed by atoms with van der Waals surface area (Å²) >= 11 is 0. The zero-order valence-electron chi connectivity index (χ0n) is 23.2. The van der Waals surface area contributed by atoms with Crippen LogP contribution in [0, 0.1) is 35.8 Å². The van der Waals surface area contributed by atoms with Crippen LogP contribution in [-0.4, -0.2) is 47.5 Å². The maximum absolute atomic E-state index is 15.2. The molecule has 1 aliphatic heterocycles. The summed E-state index contributed by atoms with van der Waals surface area (Å²) in [6.07, 6.45) is 5.87. The van der Waals surface area contributed by atoms with E-state index in [1.165, 1.54) is 11.9 Å². The Hall–Kier alpha value is -4.31. The van der Waals surface area contributed by atoms with Gasteiger partial charge in [0, 0.05) is 49.7 Å². The second-order valence-electron chi connectivity index (χ2n) is 10.3. The number of benzene rings is 1. The molecule has 0 atom stereocenters. The normalized spacial score (nSPS) is 20.3. The maximum atomic E-state index is 15.2. The van der Waals surface area contributed by atoms with Crippen molar-refractivity contribution in [1.82, 2.24) is 20.0 Å². The van der Waals surface area contributed by atoms with Crippen molar-refractivity contribution in [1.29, 1.82) is 5.26 Å². The predicted octanol–water partition coefficient (Wildman–Crippen LogP) is 4.65. The van der Waals surface area contributed by atoms with Gasteiger partial charge in [-0.25, -0.2) is 22.2 Å². The number of aryl methyl sites for hydroxylation is 2. The molecule has 3 heterocycles. The van der Waals surface area contributed by atoms with Crippen molar-refractivity contribution in [2.45, 2.75) is 43.9 Å². The molecule has 1 fully saturated rings. The lowest BCUT2D eigenvalue weighted by molar-refractivity contribution is 0.570. The minimum absolute atomic E-state index is 0.182. The summed E-state index contributed by atoms with van der Waals surface area (Å²) in [7, 11) is -0.497. The number of allylic oxidation sites excluding steroid dienone is 3. The number of hydrogen-bond acceptors (Lipinski definition) is 8. The smallest absolute Gasteiger partial charge is 0.175 e. The quantitative estimate of drug-likeness (QED) is 0.416. The summed E-state index contributed by atoms with van der Waals surface area (Å²) in [4.78, 5) is 5.82. The molecular formula is C28H30F2N8O2S. The molecule has 1 aromatic carbocycles. The molecule has 5 rings (SSSR count). The Morgan fingerprint density at radius 1 is 1.22 bits per heavy atom. The average molecular weight is 581 g/mol. The third-order valence-corrected chi connectivity index (χ3v) is 8.19. The fourth-order valence-electron chi connectivity index (χ4n) is 4.89. The minimum atomic E-state index is -3.80. The van der Waals surface area contributed by atoms with Crippen molar-refractivity contribution in [3.63, 3.8) is 0 Å². The number of nitrogens with one attached hydrogen (secondary N) is 2. The van der Waals surface area contributed by atoms with Crippen LogP contribution in [0.15, 0.2) is 51.6 Å². The monoisotopic (exact) mass is 580 g/mol. The highest BCUT2D eigenvalue weighted by atomic mass is 32.2. The number of halogens is 2. The van der Waals surface area contributed by atoms with E-state index in [0.717, 1.165) is 59.5 Å². The fourth-order valence-corrected chi connectivity index (χ4v) is 5.52. The summed E-state index contributed by atoms with van der Waals surface area (Å²) in [6.45, 7) is 1.87. The SMILES string of the molecule is Cc1cc(NC2=C(C3CC3)/C(c3cc(CC#N)n(C)n3)=C\CC/C(N(C)c3c(F)cc(S(C)(=O)=O)cc3F)=N\2)n[nH]1. The first-order valence-corrected chi connectivity index (χ1v) is 15.0. The van der Waals surface area contributed by atoms with Gasteiger partial charge < -0.3 is 10.2 Å². The number of aromatic nitrogens is 4. The largest absolute Gasteiger partial charge is 0.328 e. The lowest BCUT2D eigenvalue weighted by atomic mass is 9.95. The molecule has 0 radical (unpaired) electrons. The third kappa shape index (κ3) is 5.92. The van der Waals surface area contributed by atoms with Crippen molar-refractivity contribution in [2.24, 2.45) is 18.0 Å². The van der Waals surface area contributed by atoms with Crippen LogP contribution in [0.2, 0.25) is 0 Å². The van der Waals surface area contributed by atoms with Crippen LogP contribution in [0.5, 0.6) is 0 Å². The van der Waals surface area contributed by atoms with Crippen LogP contribution in [-0.2, 0) is 23.3 Å². The summed E-state index contributed by atoms with van der Waals surface area (Å²) in [5, 5.41) is 24.4. The van der Waals surface area contributed by atoms with Crippen molar-refractivity contribution < 1.29 is 17.2 Å². The van der Waals surface area contributed by atoms with Crippen molar-refractivity contribution >= 4 is 32.8 Å². The molecule has 1 aliphatic carbocycles. The molecule has 2 aromatic heterocycles. The van der Waals surface area contributed by atoms with E-state index in [9.17, 15) is 13.7 Å². The van der Waals surface area contributed by atoms with Gasteiger partial charge in [0.15, 0.2) is 27.3 Å². The van der Waals surface area contributed by atoms with Gasteiger partial charge in [-0.1, -0.05) is 6.08 Å². The van der Waals surface area contributed by atoms with Crippen LogP contribution in [0.3, 0.4) is 0 Å². The molecule has 0 saturated heterocycles. The molecule has 0 amide bonds. The second-order valence-corrected chi connectivity index (χ2v) is 12.3. The van der Waals surface area contributed by atoms with Gasteiger partial charge in [0.25, 0.3) is 0 Å². The van der Waals surface area contributed by atoms with Crippen LogP contribution < -0.4 is 10.2 Å². The first-order chi connectivity index (χ1) is 19.5. The predicted molar refractivity (Wildman–Crippen MR) is 152 cm³/mol. The number of nitriles is 1. The van der Waals surface area contributed by atoms with E-state index in [2.05, 4.69) is 21.6 Å². The van der Waals surface area contributed by atoms with Crippen molar-refractivity contribution in [3.05, 3.63) is 70.5 Å². The molecule has 3 aromatic rings. The fraction of sp³-hybridized carbons (Fsp3) is 0.357. The van der Waals surface area contributed by atoms with E-state index in [-0.39, 0.29) is 12.3 Å². The van der Waals surface area contributed by atoms with Gasteiger partial charge in [0.2, 0.25) is 0 Å². The lowest BCUT2D eigenvalue weighted by Crippen LogP contribution is -2.29. The topological polar surface area (TPSA) is 132 Å². The number of aromatic amines is 1. The van der Waals surface area contributed by atoms with Gasteiger partial charge in [0.1, 0.15) is 17.3 Å². The Bertz CT molecular complexity index is 1730. The summed E-state index contributed by atoms with van der Waals surface area (Å²) in [5.74, 6) is -0.437. The Balaban J connectivity index is 1.65. The second kappa shape index (κ2) is 10.9. The number of anilines is 2. The highest BCUT2D eigenvalue weighted by Gasteiger charge is 2.34. The number of H-pyrrole nitrogens is 1. The van der Waals surface area contributed by atoms with E-state index in [1.54, 1.807) is 11.7 Å². The summed E-state index contributed by atoms with van der Waals surface area (Å²) < 4.78 is 55.9. The molecule has 1 saturated carbocycles. The minimum Gasteiger partial charge on any atom is -0.328 e. The van der Waals surface area contributed by atoms with Crippen LogP contribution >= 0.6 is 0 Å². The van der Waals surface area contributed by atoms with Gasteiger partial charge in [-0.15, -0.1) is 0 Å². The molecule has 2 N–H and O–H groups in total. The molecule has 2 aliphatic rings. The number of sulfone groups is 1. The zero-order chi connectivity index (χ0) is 29.5. The molecule has 0 unspecified atom stereocenters. The van der Waals surface area contributed by atoms with Crippen LogP contribution in [0.1, 0.15) is 42.8 Å². The number of amidine groups is 1. The van der Waals surface area contributed by atoms with Crippen LogP contribution in [0.4, 0.5) is 20.3 Å². The number of aliphatic imine (C=N–C) groups is 1. The molecule has 41 heavy (non-hydrogen) atoms. The summed E-state index contributed by atoms with van der Waals surface area (Å²) in [6, 6.07) is 7.54. The van der Waals surface area contributed by atoms with Gasteiger partial charge >= 0.3 is 0 Å². The van der Waals surface area contributed by atoms with Crippen molar-refractivity contribution in [2.75, 3.05) is 23.5 Å². The van der Waals surface area contributed by atoms with E-state index in [1.807, 2.05) is 25.1 Å². The number of hydrogen-bond donors (Lipinski definition) is 2. The van der Waals surface area contributed by atoms with E-state index in [0.29, 0.717) is 30.3 Å². The molecule has 214 valence electrons. The van der Waals surface area contributed by atoms with Gasteiger partial charge in [0.05, 0.1) is 28.8 Å². The molecule has 0 bridgehead atoms. The maximum Gasteiger partial charge on any atom is 0.175 e.